The highest BCUT2D eigenvalue weighted by atomic mass is 35.5. The second-order valence-corrected chi connectivity index (χ2v) is 16.0. The van der Waals surface area contributed by atoms with Crippen molar-refractivity contribution in [1.82, 2.24) is 14.7 Å². The summed E-state index contributed by atoms with van der Waals surface area (Å²) in [5.41, 5.74) is -2.47. The van der Waals surface area contributed by atoms with Crippen LogP contribution >= 0.6 is 35.6 Å². The normalized spacial score (nSPS) is 20.8. The Labute approximate surface area is 349 Å². The van der Waals surface area contributed by atoms with E-state index in [9.17, 15) is 35.9 Å². The summed E-state index contributed by atoms with van der Waals surface area (Å²) in [6.45, 7) is 2.07. The third-order valence-electron chi connectivity index (χ3n) is 11.6. The van der Waals surface area contributed by atoms with Crippen molar-refractivity contribution in [3.05, 3.63) is 104 Å². The number of carbonyl (C=O) groups is 2. The standard InChI is InChI=1S/C41H45Cl2F6N3O5.ClH/c1-50(13-4-5-18-53)36(54)25-56-35-22-27-6-2-3-7-32(27)38(35)10-14-51(15-11-38)16-12-39(29-8-9-33(42)34(43)24-29)26-52(17-19-57-39)37(55)28-20-30(40(44,45)46)23-31(21-28)41(47,48)49;/h2-3,6-9,20-21,23-24,35,53H,4-5,10-19,22,25-26H2,1H3;1H/t35-,39-;/m0./s1. The van der Waals surface area contributed by atoms with Crippen molar-refractivity contribution in [1.29, 1.82) is 0 Å². The van der Waals surface area contributed by atoms with Crippen LogP contribution < -0.4 is 0 Å². The highest BCUT2D eigenvalue weighted by Gasteiger charge is 2.50. The quantitative estimate of drug-likeness (QED) is 0.146. The Morgan fingerprint density at radius 1 is 0.931 bits per heavy atom. The Kier molecular flexibility index (Phi) is 14.8. The number of amides is 2. The Balaban J connectivity index is 0.00000641. The Morgan fingerprint density at radius 2 is 1.60 bits per heavy atom. The number of benzene rings is 3. The van der Waals surface area contributed by atoms with Gasteiger partial charge in [0.05, 0.1) is 40.4 Å². The van der Waals surface area contributed by atoms with Gasteiger partial charge in [-0.2, -0.15) is 26.3 Å². The second kappa shape index (κ2) is 18.7. The molecule has 2 heterocycles. The lowest BCUT2D eigenvalue weighted by Gasteiger charge is -2.46. The van der Waals surface area contributed by atoms with E-state index in [4.69, 9.17) is 37.8 Å². The molecule has 2 fully saturated rings. The number of likely N-dealkylation sites (N-methyl/N-ethyl adjacent to an activating group) is 1. The highest BCUT2D eigenvalue weighted by Crippen LogP contribution is 2.48. The minimum atomic E-state index is -5.11. The van der Waals surface area contributed by atoms with Crippen molar-refractivity contribution in [2.45, 2.75) is 68.0 Å². The van der Waals surface area contributed by atoms with Crippen molar-refractivity contribution in [3.63, 3.8) is 0 Å². The maximum Gasteiger partial charge on any atom is 0.416 e. The number of hydrogen-bond acceptors (Lipinski definition) is 6. The number of hydrogen-bond donors (Lipinski definition) is 1. The SMILES string of the molecule is CN(CCCCO)C(=O)CO[C@H]1Cc2ccccc2C12CCN(CC[C@@]1(c3ccc(Cl)c(Cl)c3)CN(C(=O)c3cc(C(F)(F)F)cc(C(F)(F)F)c3)CCO1)CC2.Cl. The van der Waals surface area contributed by atoms with Crippen LogP contribution in [0.4, 0.5) is 26.3 Å². The molecule has 17 heteroatoms. The van der Waals surface area contributed by atoms with Gasteiger partial charge in [0.2, 0.25) is 5.91 Å². The molecule has 6 rings (SSSR count). The van der Waals surface area contributed by atoms with Crippen molar-refractivity contribution in [2.24, 2.45) is 0 Å². The first-order valence-electron chi connectivity index (χ1n) is 18.9. The largest absolute Gasteiger partial charge is 0.416 e. The second-order valence-electron chi connectivity index (χ2n) is 15.1. The van der Waals surface area contributed by atoms with E-state index in [2.05, 4.69) is 17.0 Å². The summed E-state index contributed by atoms with van der Waals surface area (Å²) in [5.74, 6) is -1.11. The molecule has 1 aliphatic carbocycles. The van der Waals surface area contributed by atoms with Gasteiger partial charge in [-0.15, -0.1) is 12.4 Å². The van der Waals surface area contributed by atoms with Crippen LogP contribution in [0.15, 0.2) is 60.7 Å². The molecule has 2 amide bonds. The van der Waals surface area contributed by atoms with Crippen LogP contribution in [0.25, 0.3) is 0 Å². The number of carbonyl (C=O) groups excluding carboxylic acids is 2. The summed E-state index contributed by atoms with van der Waals surface area (Å²) in [5, 5.41) is 9.59. The van der Waals surface area contributed by atoms with E-state index in [1.807, 2.05) is 12.1 Å². The molecule has 1 spiro atoms. The van der Waals surface area contributed by atoms with Gasteiger partial charge < -0.3 is 29.3 Å². The molecule has 2 aliphatic heterocycles. The number of ether oxygens (including phenoxy) is 2. The van der Waals surface area contributed by atoms with Crippen LogP contribution in [0.1, 0.15) is 70.3 Å². The molecule has 318 valence electrons. The van der Waals surface area contributed by atoms with Crippen LogP contribution in [0.5, 0.6) is 0 Å². The predicted molar refractivity (Wildman–Crippen MR) is 210 cm³/mol. The van der Waals surface area contributed by atoms with E-state index in [1.165, 1.54) is 16.0 Å². The summed E-state index contributed by atoms with van der Waals surface area (Å²) < 4.78 is 95.1. The molecule has 8 nitrogen and oxygen atoms in total. The van der Waals surface area contributed by atoms with Gasteiger partial charge in [-0.05, 0) is 98.6 Å². The van der Waals surface area contributed by atoms with Gasteiger partial charge in [0.1, 0.15) is 12.2 Å². The minimum Gasteiger partial charge on any atom is -0.396 e. The smallest absolute Gasteiger partial charge is 0.396 e. The average Bonchev–Trinajstić information content (AvgIpc) is 3.48. The van der Waals surface area contributed by atoms with Gasteiger partial charge in [-0.25, -0.2) is 0 Å². The van der Waals surface area contributed by atoms with Crippen LogP contribution in [0.3, 0.4) is 0 Å². The number of halogens is 9. The van der Waals surface area contributed by atoms with E-state index in [-0.39, 0.29) is 78.9 Å². The molecule has 0 unspecified atom stereocenters. The van der Waals surface area contributed by atoms with E-state index < -0.39 is 40.6 Å². The number of piperidine rings is 1. The third-order valence-corrected chi connectivity index (χ3v) is 12.4. The first-order chi connectivity index (χ1) is 27.0. The minimum absolute atomic E-state index is 0. The zero-order valence-electron chi connectivity index (χ0n) is 31.8. The summed E-state index contributed by atoms with van der Waals surface area (Å²) in [6, 6.07) is 14.0. The fourth-order valence-electron chi connectivity index (χ4n) is 8.41. The Morgan fingerprint density at radius 3 is 2.24 bits per heavy atom. The van der Waals surface area contributed by atoms with Crippen molar-refractivity contribution >= 4 is 47.4 Å². The molecule has 1 N–H and O–H groups in total. The number of alkyl halides is 6. The maximum absolute atomic E-state index is 13.8. The molecule has 3 aliphatic rings. The molecule has 0 saturated carbocycles. The van der Waals surface area contributed by atoms with Gasteiger partial charge >= 0.3 is 12.4 Å². The number of fused-ring (bicyclic) bond motifs is 2. The average molecular weight is 881 g/mol. The lowest BCUT2D eigenvalue weighted by atomic mass is 9.72. The molecular formula is C41H46Cl3F6N3O5. The Bertz CT molecular complexity index is 1890. The molecule has 2 saturated heterocycles. The monoisotopic (exact) mass is 879 g/mol. The molecule has 0 bridgehead atoms. The van der Waals surface area contributed by atoms with Crippen LogP contribution in [0.2, 0.25) is 10.0 Å². The third kappa shape index (κ3) is 10.1. The van der Waals surface area contributed by atoms with Crippen LogP contribution in [-0.4, -0.2) is 104 Å². The van der Waals surface area contributed by atoms with Crippen LogP contribution in [-0.2, 0) is 44.1 Å². The lowest BCUT2D eigenvalue weighted by Crippen LogP contribution is -2.54. The molecule has 0 radical (unpaired) electrons. The van der Waals surface area contributed by atoms with Crippen molar-refractivity contribution in [2.75, 3.05) is 66.1 Å². The zero-order valence-corrected chi connectivity index (χ0v) is 34.1. The first-order valence-corrected chi connectivity index (χ1v) is 19.7. The molecule has 58 heavy (non-hydrogen) atoms. The first kappa shape index (κ1) is 46.0. The van der Waals surface area contributed by atoms with Gasteiger partial charge in [0.25, 0.3) is 5.91 Å². The van der Waals surface area contributed by atoms with Crippen molar-refractivity contribution < 1.29 is 50.5 Å². The topological polar surface area (TPSA) is 82.5 Å². The summed E-state index contributed by atoms with van der Waals surface area (Å²) in [7, 11) is 1.73. The number of likely N-dealkylation sites (tertiary alicyclic amines) is 1. The number of nitrogens with zero attached hydrogens (tertiary/aromatic N) is 3. The predicted octanol–water partition coefficient (Wildman–Crippen LogP) is 8.42. The van der Waals surface area contributed by atoms with E-state index in [0.29, 0.717) is 69.6 Å². The van der Waals surface area contributed by atoms with Gasteiger partial charge in [0.15, 0.2) is 0 Å². The fourth-order valence-corrected chi connectivity index (χ4v) is 8.71. The van der Waals surface area contributed by atoms with Crippen molar-refractivity contribution in [3.8, 4) is 0 Å². The number of unbranched alkanes of at least 4 members (excludes halogenated alkanes) is 1. The summed E-state index contributed by atoms with van der Waals surface area (Å²) in [6.07, 6.45) is -6.69. The fraction of sp³-hybridized carbons (Fsp3) is 0.512. The van der Waals surface area contributed by atoms with E-state index >= 15 is 0 Å². The number of aliphatic hydroxyl groups excluding tert-OH is 1. The number of aliphatic hydroxyl groups is 1. The van der Waals surface area contributed by atoms with Gasteiger partial charge in [-0.1, -0.05) is 53.5 Å². The molecule has 3 aromatic carbocycles. The van der Waals surface area contributed by atoms with Gasteiger partial charge in [0, 0.05) is 44.3 Å². The van der Waals surface area contributed by atoms with E-state index in [1.54, 1.807) is 30.1 Å². The molecule has 0 aromatic heterocycles. The highest BCUT2D eigenvalue weighted by molar-refractivity contribution is 6.42. The number of morpholine rings is 1. The summed E-state index contributed by atoms with van der Waals surface area (Å²) >= 11 is 12.7. The summed E-state index contributed by atoms with van der Waals surface area (Å²) in [4.78, 5) is 31.9. The number of rotatable bonds is 12. The van der Waals surface area contributed by atoms with Crippen LogP contribution in [0, 0.1) is 0 Å². The molecule has 3 aromatic rings. The van der Waals surface area contributed by atoms with E-state index in [0.717, 1.165) is 12.8 Å². The van der Waals surface area contributed by atoms with Gasteiger partial charge in [-0.3, -0.25) is 9.59 Å². The lowest BCUT2D eigenvalue weighted by molar-refractivity contribution is -0.143. The molecule has 2 atom stereocenters. The Hall–Kier alpha value is -3.11. The zero-order chi connectivity index (χ0) is 41.2. The molecular weight excluding hydrogens is 835 g/mol. The maximum atomic E-state index is 13.8.